The summed E-state index contributed by atoms with van der Waals surface area (Å²) in [6, 6.07) is 4.00. The molecule has 1 aliphatic heterocycles. The fraction of sp³-hybridized carbons (Fsp3) is 0.250. The van der Waals surface area contributed by atoms with Gasteiger partial charge >= 0.3 is 5.97 Å². The summed E-state index contributed by atoms with van der Waals surface area (Å²) >= 11 is 0. The normalized spacial score (nSPS) is 22.9. The van der Waals surface area contributed by atoms with Crippen molar-refractivity contribution >= 4 is 11.6 Å². The van der Waals surface area contributed by atoms with Gasteiger partial charge in [-0.1, -0.05) is 18.2 Å². The molecule has 2 aromatic heterocycles. The number of imidazole rings is 1. The van der Waals surface area contributed by atoms with Crippen molar-refractivity contribution < 1.29 is 9.53 Å². The number of hydrogen-bond donors (Lipinski definition) is 0. The average molecular weight is 268 g/mol. The Bertz CT molecular complexity index is 725. The van der Waals surface area contributed by atoms with Crippen LogP contribution in [0.4, 0.5) is 0 Å². The molecule has 102 valence electrons. The van der Waals surface area contributed by atoms with E-state index < -0.39 is 0 Å². The third-order valence-electron chi connectivity index (χ3n) is 3.63. The summed E-state index contributed by atoms with van der Waals surface area (Å²) in [5, 5.41) is 0. The Labute approximate surface area is 117 Å². The summed E-state index contributed by atoms with van der Waals surface area (Å²) < 4.78 is 7.46. The summed E-state index contributed by atoms with van der Waals surface area (Å²) in [5.74, 6) is -0.235. The fourth-order valence-electron chi connectivity index (χ4n) is 2.69. The molecule has 3 heterocycles. The second-order valence-electron chi connectivity index (χ2n) is 4.74. The van der Waals surface area contributed by atoms with Gasteiger partial charge < -0.3 is 9.14 Å². The summed E-state index contributed by atoms with van der Waals surface area (Å²) in [4.78, 5) is 16.2. The molecule has 1 unspecified atom stereocenters. The van der Waals surface area contributed by atoms with E-state index in [1.165, 1.54) is 0 Å². The number of hydrogen-bond acceptors (Lipinski definition) is 3. The van der Waals surface area contributed by atoms with Gasteiger partial charge in [0, 0.05) is 30.6 Å². The molecule has 3 rings (SSSR count). The highest BCUT2D eigenvalue weighted by Gasteiger charge is 2.33. The molecule has 0 bridgehead atoms. The van der Waals surface area contributed by atoms with Crippen LogP contribution >= 0.6 is 0 Å². The van der Waals surface area contributed by atoms with Gasteiger partial charge in [0.05, 0.1) is 5.57 Å². The molecule has 4 nitrogen and oxygen atoms in total. The predicted molar refractivity (Wildman–Crippen MR) is 76.3 cm³/mol. The predicted octanol–water partition coefficient (Wildman–Crippen LogP) is 2.69. The van der Waals surface area contributed by atoms with Crippen molar-refractivity contribution in [2.45, 2.75) is 26.4 Å². The number of carbonyl (C=O) groups is 1. The van der Waals surface area contributed by atoms with Crippen LogP contribution in [0, 0.1) is 0 Å². The third kappa shape index (κ3) is 1.93. The van der Waals surface area contributed by atoms with Crippen LogP contribution in [0.5, 0.6) is 0 Å². The topological polar surface area (TPSA) is 43.6 Å². The highest BCUT2D eigenvalue weighted by Crippen LogP contribution is 2.30. The molecule has 0 spiro atoms. The number of ether oxygens (including phenoxy) is 1. The van der Waals surface area contributed by atoms with E-state index >= 15 is 0 Å². The van der Waals surface area contributed by atoms with Crippen LogP contribution in [0.2, 0.25) is 0 Å². The smallest absolute Gasteiger partial charge is 0.338 e. The monoisotopic (exact) mass is 268 g/mol. The first-order valence-corrected chi connectivity index (χ1v) is 6.69. The lowest BCUT2D eigenvalue weighted by atomic mass is 9.98. The van der Waals surface area contributed by atoms with E-state index in [0.29, 0.717) is 12.0 Å². The van der Waals surface area contributed by atoms with Gasteiger partial charge in [0.2, 0.25) is 0 Å². The van der Waals surface area contributed by atoms with E-state index in [-0.39, 0.29) is 12.1 Å². The van der Waals surface area contributed by atoms with Gasteiger partial charge in [-0.3, -0.25) is 0 Å². The molecular formula is C16H16N2O2. The number of cyclic esters (lactones) is 1. The van der Waals surface area contributed by atoms with E-state index in [4.69, 9.17) is 4.74 Å². The van der Waals surface area contributed by atoms with E-state index in [1.807, 2.05) is 54.9 Å². The van der Waals surface area contributed by atoms with Crippen molar-refractivity contribution in [1.29, 1.82) is 0 Å². The van der Waals surface area contributed by atoms with Gasteiger partial charge in [0.15, 0.2) is 0 Å². The molecule has 20 heavy (non-hydrogen) atoms. The number of allylic oxidation sites excluding steroid dienone is 2. The van der Waals surface area contributed by atoms with Gasteiger partial charge in [-0.05, 0) is 25.5 Å². The van der Waals surface area contributed by atoms with Crippen LogP contribution < -0.4 is 0 Å². The van der Waals surface area contributed by atoms with Crippen LogP contribution in [0.15, 0.2) is 54.0 Å². The first-order chi connectivity index (χ1) is 9.74. The average Bonchev–Trinajstić information content (AvgIpc) is 3.03. The fourth-order valence-corrected chi connectivity index (χ4v) is 2.69. The van der Waals surface area contributed by atoms with Crippen LogP contribution in [0.1, 0.15) is 19.4 Å². The molecule has 1 fully saturated rings. The number of esters is 1. The van der Waals surface area contributed by atoms with Gasteiger partial charge in [-0.15, -0.1) is 0 Å². The zero-order chi connectivity index (χ0) is 14.1. The highest BCUT2D eigenvalue weighted by molar-refractivity contribution is 5.97. The van der Waals surface area contributed by atoms with E-state index in [1.54, 1.807) is 6.20 Å². The van der Waals surface area contributed by atoms with Crippen LogP contribution in [-0.4, -0.2) is 21.5 Å². The number of rotatable bonds is 2. The maximum absolute atomic E-state index is 11.8. The second-order valence-corrected chi connectivity index (χ2v) is 4.74. The van der Waals surface area contributed by atoms with Crippen molar-refractivity contribution in [2.75, 3.05) is 0 Å². The Morgan fingerprint density at radius 3 is 2.95 bits per heavy atom. The Morgan fingerprint density at radius 2 is 2.20 bits per heavy atom. The minimum atomic E-state index is -0.235. The molecule has 1 atom stereocenters. The SMILES string of the molecule is CC=C1C(=O)OC(Cc2cccn3ccnc23)C1=CC. The third-order valence-corrected chi connectivity index (χ3v) is 3.63. The maximum Gasteiger partial charge on any atom is 0.338 e. The minimum absolute atomic E-state index is 0.221. The summed E-state index contributed by atoms with van der Waals surface area (Å²) in [7, 11) is 0. The zero-order valence-electron chi connectivity index (χ0n) is 11.5. The summed E-state index contributed by atoms with van der Waals surface area (Å²) in [6.45, 7) is 3.79. The van der Waals surface area contributed by atoms with E-state index in [0.717, 1.165) is 16.8 Å². The molecule has 4 heteroatoms. The minimum Gasteiger partial charge on any atom is -0.454 e. The van der Waals surface area contributed by atoms with Crippen molar-refractivity contribution in [3.63, 3.8) is 0 Å². The lowest BCUT2D eigenvalue weighted by Crippen LogP contribution is -2.13. The molecule has 0 amide bonds. The molecule has 0 radical (unpaired) electrons. The molecule has 0 saturated carbocycles. The number of nitrogens with zero attached hydrogens (tertiary/aromatic N) is 2. The number of aromatic nitrogens is 2. The second kappa shape index (κ2) is 4.96. The van der Waals surface area contributed by atoms with Gasteiger partial charge in [0.1, 0.15) is 11.8 Å². The number of carbonyl (C=O) groups excluding carboxylic acids is 1. The maximum atomic E-state index is 11.8. The standard InChI is InChI=1S/C16H16N2O2/c1-3-12-13(4-2)16(19)20-14(12)10-11-6-5-8-18-9-7-17-15(11)18/h3-9,14H,10H2,1-2H3. The molecule has 0 N–H and O–H groups in total. The summed E-state index contributed by atoms with van der Waals surface area (Å²) in [6.07, 6.45) is 9.83. The molecule has 0 aromatic carbocycles. The quantitative estimate of drug-likeness (QED) is 0.621. The van der Waals surface area contributed by atoms with Crippen molar-refractivity contribution in [2.24, 2.45) is 0 Å². The lowest BCUT2D eigenvalue weighted by Gasteiger charge is -2.11. The summed E-state index contributed by atoms with van der Waals surface area (Å²) in [5.41, 5.74) is 3.62. The van der Waals surface area contributed by atoms with Crippen molar-refractivity contribution in [1.82, 2.24) is 9.38 Å². The molecule has 2 aromatic rings. The lowest BCUT2D eigenvalue weighted by molar-refractivity contribution is -0.138. The van der Waals surface area contributed by atoms with E-state index in [9.17, 15) is 4.79 Å². The van der Waals surface area contributed by atoms with Gasteiger partial charge in [-0.2, -0.15) is 0 Å². The first-order valence-electron chi connectivity index (χ1n) is 6.69. The molecule has 1 aliphatic rings. The van der Waals surface area contributed by atoms with Crippen LogP contribution in [-0.2, 0) is 16.0 Å². The van der Waals surface area contributed by atoms with E-state index in [2.05, 4.69) is 4.98 Å². The molecule has 1 saturated heterocycles. The first kappa shape index (κ1) is 12.7. The molecular weight excluding hydrogens is 252 g/mol. The number of fused-ring (bicyclic) bond motifs is 1. The number of pyridine rings is 1. The van der Waals surface area contributed by atoms with Crippen molar-refractivity contribution in [3.05, 3.63) is 59.6 Å². The van der Waals surface area contributed by atoms with Crippen molar-refractivity contribution in [3.8, 4) is 0 Å². The van der Waals surface area contributed by atoms with Crippen LogP contribution in [0.3, 0.4) is 0 Å². The Balaban J connectivity index is 1.96. The largest absolute Gasteiger partial charge is 0.454 e. The highest BCUT2D eigenvalue weighted by atomic mass is 16.5. The zero-order valence-corrected chi connectivity index (χ0v) is 11.5. The Kier molecular flexibility index (Phi) is 3.14. The van der Waals surface area contributed by atoms with Gasteiger partial charge in [-0.25, -0.2) is 9.78 Å². The van der Waals surface area contributed by atoms with Gasteiger partial charge in [0.25, 0.3) is 0 Å². The van der Waals surface area contributed by atoms with Crippen LogP contribution in [0.25, 0.3) is 5.65 Å². The molecule has 0 aliphatic carbocycles. The Morgan fingerprint density at radius 1 is 1.35 bits per heavy atom. The Hall–Kier alpha value is -2.36.